The van der Waals surface area contributed by atoms with Gasteiger partial charge in [0, 0.05) is 23.7 Å². The molecule has 5 rings (SSSR count). The van der Waals surface area contributed by atoms with E-state index in [-0.39, 0.29) is 12.0 Å². The van der Waals surface area contributed by atoms with E-state index in [1.165, 1.54) is 0 Å². The summed E-state index contributed by atoms with van der Waals surface area (Å²) in [5.41, 5.74) is 3.70. The summed E-state index contributed by atoms with van der Waals surface area (Å²) in [4.78, 5) is 37.2. The number of carbonyl (C=O) groups is 2. The lowest BCUT2D eigenvalue weighted by Gasteiger charge is -2.24. The Labute approximate surface area is 212 Å². The van der Waals surface area contributed by atoms with Crippen LogP contribution in [0.2, 0.25) is 0 Å². The number of amides is 2. The summed E-state index contributed by atoms with van der Waals surface area (Å²) in [6, 6.07) is 19.6. The number of aliphatic imine (C=N–C) groups is 2. The van der Waals surface area contributed by atoms with Crippen molar-refractivity contribution in [3.8, 4) is 0 Å². The molecule has 0 saturated carbocycles. The lowest BCUT2D eigenvalue weighted by molar-refractivity contribution is -0.128. The minimum absolute atomic E-state index is 0.178. The molecule has 3 aromatic rings. The van der Waals surface area contributed by atoms with Gasteiger partial charge >= 0.3 is 0 Å². The maximum Gasteiger partial charge on any atom is 0.244 e. The fourth-order valence-electron chi connectivity index (χ4n) is 4.55. The topological polar surface area (TPSA) is 86.2 Å². The predicted octanol–water partition coefficient (Wildman–Crippen LogP) is 3.22. The molecule has 188 valence electrons. The van der Waals surface area contributed by atoms with Crippen LogP contribution < -0.4 is 15.5 Å². The molecule has 2 heterocycles. The van der Waals surface area contributed by atoms with Crippen molar-refractivity contribution in [2.75, 3.05) is 18.0 Å². The standard InChI is InChI=1S/C28H25F2N5O2/c1-17(32-24(36)15-18-13-20(29)16-21(30)14-18)28(37)34-26-27-31-11-12-35(27)23-10-6-5-9-22(23)25(33-26)19-7-3-2-4-8-19/h2-10,13-14,16-17,26H,11-12,15H2,1H3,(H,32,36)(H,34,37). The molecule has 0 bridgehead atoms. The van der Waals surface area contributed by atoms with Crippen LogP contribution in [0.5, 0.6) is 0 Å². The van der Waals surface area contributed by atoms with E-state index in [4.69, 9.17) is 4.99 Å². The number of nitrogens with one attached hydrogen (secondary N) is 2. The number of anilines is 1. The Kier molecular flexibility index (Phi) is 6.76. The van der Waals surface area contributed by atoms with Crippen molar-refractivity contribution in [2.45, 2.75) is 25.6 Å². The molecule has 9 heteroatoms. The second-order valence-electron chi connectivity index (χ2n) is 8.91. The van der Waals surface area contributed by atoms with Gasteiger partial charge in [0.05, 0.1) is 24.4 Å². The molecule has 37 heavy (non-hydrogen) atoms. The summed E-state index contributed by atoms with van der Waals surface area (Å²) >= 11 is 0. The molecule has 3 aromatic carbocycles. The molecular formula is C28H25F2N5O2. The fourth-order valence-corrected chi connectivity index (χ4v) is 4.55. The Morgan fingerprint density at radius 2 is 1.73 bits per heavy atom. The minimum atomic E-state index is -0.914. The first-order chi connectivity index (χ1) is 17.9. The van der Waals surface area contributed by atoms with Crippen molar-refractivity contribution in [2.24, 2.45) is 9.98 Å². The molecule has 2 N–H and O–H groups in total. The molecule has 0 aliphatic carbocycles. The van der Waals surface area contributed by atoms with Gasteiger partial charge in [-0.15, -0.1) is 0 Å². The SMILES string of the molecule is CC(NC(=O)Cc1cc(F)cc(F)c1)C(=O)NC1N=C(c2ccccc2)c2ccccc2N2CCN=C12. The van der Waals surface area contributed by atoms with Gasteiger partial charge in [0.25, 0.3) is 0 Å². The van der Waals surface area contributed by atoms with Crippen LogP contribution in [0, 0.1) is 11.6 Å². The van der Waals surface area contributed by atoms with Crippen molar-refractivity contribution in [1.82, 2.24) is 10.6 Å². The Hall–Kier alpha value is -4.40. The summed E-state index contributed by atoms with van der Waals surface area (Å²) in [5, 5.41) is 5.51. The van der Waals surface area contributed by atoms with Crippen LogP contribution in [0.3, 0.4) is 0 Å². The monoisotopic (exact) mass is 501 g/mol. The molecule has 2 aliphatic heterocycles. The van der Waals surface area contributed by atoms with Crippen LogP contribution in [0.4, 0.5) is 14.5 Å². The first-order valence-electron chi connectivity index (χ1n) is 12.0. The number of nitrogens with zero attached hydrogens (tertiary/aromatic N) is 3. The number of hydrogen-bond acceptors (Lipinski definition) is 5. The molecule has 0 saturated heterocycles. The van der Waals surface area contributed by atoms with Gasteiger partial charge in [-0.2, -0.15) is 0 Å². The maximum atomic E-state index is 13.5. The predicted molar refractivity (Wildman–Crippen MR) is 138 cm³/mol. The third-order valence-electron chi connectivity index (χ3n) is 6.21. The van der Waals surface area contributed by atoms with E-state index in [2.05, 4.69) is 20.5 Å². The fraction of sp³-hybridized carbons (Fsp3) is 0.214. The summed E-state index contributed by atoms with van der Waals surface area (Å²) < 4.78 is 26.9. The van der Waals surface area contributed by atoms with Gasteiger partial charge in [-0.25, -0.2) is 8.78 Å². The highest BCUT2D eigenvalue weighted by Gasteiger charge is 2.34. The van der Waals surface area contributed by atoms with Crippen LogP contribution in [-0.4, -0.2) is 48.7 Å². The van der Waals surface area contributed by atoms with Crippen LogP contribution in [-0.2, 0) is 16.0 Å². The molecule has 2 atom stereocenters. The number of amidine groups is 1. The molecule has 2 unspecified atom stereocenters. The zero-order chi connectivity index (χ0) is 25.9. The molecule has 0 spiro atoms. The summed E-state index contributed by atoms with van der Waals surface area (Å²) in [6.45, 7) is 2.77. The number of fused-ring (bicyclic) bond motifs is 3. The minimum Gasteiger partial charge on any atom is -0.344 e. The van der Waals surface area contributed by atoms with Crippen LogP contribution in [0.15, 0.2) is 82.8 Å². The van der Waals surface area contributed by atoms with Crippen LogP contribution in [0.25, 0.3) is 0 Å². The van der Waals surface area contributed by atoms with E-state index in [1.807, 2.05) is 54.6 Å². The number of rotatable bonds is 6. The molecule has 0 aromatic heterocycles. The van der Waals surface area contributed by atoms with Crippen molar-refractivity contribution in [1.29, 1.82) is 0 Å². The first-order valence-corrected chi connectivity index (χ1v) is 12.0. The van der Waals surface area contributed by atoms with Crippen LogP contribution in [0.1, 0.15) is 23.6 Å². The second-order valence-corrected chi connectivity index (χ2v) is 8.91. The van der Waals surface area contributed by atoms with Crippen LogP contribution >= 0.6 is 0 Å². The van der Waals surface area contributed by atoms with E-state index >= 15 is 0 Å². The Morgan fingerprint density at radius 1 is 1.03 bits per heavy atom. The van der Waals surface area contributed by atoms with Gasteiger partial charge in [0.15, 0.2) is 6.17 Å². The molecule has 2 aliphatic rings. The van der Waals surface area contributed by atoms with E-state index in [1.54, 1.807) is 6.92 Å². The average Bonchev–Trinajstić information content (AvgIpc) is 3.31. The van der Waals surface area contributed by atoms with E-state index in [9.17, 15) is 18.4 Å². The lowest BCUT2D eigenvalue weighted by atomic mass is 10.0. The van der Waals surface area contributed by atoms with E-state index in [0.29, 0.717) is 18.9 Å². The lowest BCUT2D eigenvalue weighted by Crippen LogP contribution is -2.52. The number of halogens is 2. The first kappa shape index (κ1) is 24.3. The van der Waals surface area contributed by atoms with Crippen molar-refractivity contribution >= 4 is 29.0 Å². The Bertz CT molecular complexity index is 1390. The summed E-state index contributed by atoms with van der Waals surface area (Å²) in [5.74, 6) is -1.90. The smallest absolute Gasteiger partial charge is 0.244 e. The zero-order valence-corrected chi connectivity index (χ0v) is 20.1. The van der Waals surface area contributed by atoms with Crippen molar-refractivity contribution in [3.05, 3.63) is 101 Å². The number of carbonyl (C=O) groups excluding carboxylic acids is 2. The quantitative estimate of drug-likeness (QED) is 0.544. The van der Waals surface area contributed by atoms with Gasteiger partial charge < -0.3 is 15.5 Å². The second kappa shape index (κ2) is 10.3. The average molecular weight is 502 g/mol. The number of para-hydroxylation sites is 1. The van der Waals surface area contributed by atoms with Crippen molar-refractivity contribution < 1.29 is 18.4 Å². The maximum absolute atomic E-state index is 13.5. The van der Waals surface area contributed by atoms with Gasteiger partial charge in [-0.05, 0) is 30.7 Å². The molecule has 0 radical (unpaired) electrons. The summed E-state index contributed by atoms with van der Waals surface area (Å²) in [7, 11) is 0. The number of hydrogen-bond donors (Lipinski definition) is 2. The molecular weight excluding hydrogens is 476 g/mol. The number of benzene rings is 3. The molecule has 2 amide bonds. The Morgan fingerprint density at radius 3 is 2.49 bits per heavy atom. The normalized spacial score (nSPS) is 17.1. The van der Waals surface area contributed by atoms with Gasteiger partial charge in [-0.3, -0.25) is 19.6 Å². The third-order valence-corrected chi connectivity index (χ3v) is 6.21. The molecule has 0 fully saturated rings. The Balaban J connectivity index is 1.37. The summed E-state index contributed by atoms with van der Waals surface area (Å²) in [6.07, 6.45) is -1.03. The van der Waals surface area contributed by atoms with Gasteiger partial charge in [0.2, 0.25) is 11.8 Å². The van der Waals surface area contributed by atoms with E-state index < -0.39 is 35.7 Å². The highest BCUT2D eigenvalue weighted by atomic mass is 19.1. The third kappa shape index (κ3) is 5.25. The largest absolute Gasteiger partial charge is 0.344 e. The van der Waals surface area contributed by atoms with Gasteiger partial charge in [-0.1, -0.05) is 48.5 Å². The zero-order valence-electron chi connectivity index (χ0n) is 20.1. The van der Waals surface area contributed by atoms with Gasteiger partial charge in [0.1, 0.15) is 23.5 Å². The van der Waals surface area contributed by atoms with E-state index in [0.717, 1.165) is 40.7 Å². The highest BCUT2D eigenvalue weighted by molar-refractivity contribution is 6.21. The molecule has 7 nitrogen and oxygen atoms in total. The highest BCUT2D eigenvalue weighted by Crippen LogP contribution is 2.30. The van der Waals surface area contributed by atoms with Crippen molar-refractivity contribution in [3.63, 3.8) is 0 Å².